The molecule has 0 bridgehead atoms. The third-order valence-corrected chi connectivity index (χ3v) is 5.48. The Morgan fingerprint density at radius 1 is 1.31 bits per heavy atom. The standard InChI is InChI=1S/C21H24O8/c1-11-15-10-29-21(25)18(15)17(20(23)24)14(19(11)27-3)5-4-12-6-7-28-9-13(12)8-16(22)26-2/h4,13H,5-10H2,1-3H3,(H,23,24)/b12-4+. The predicted octanol–water partition coefficient (Wildman–Crippen LogP) is 2.44. The molecule has 156 valence electrons. The fourth-order valence-electron chi connectivity index (χ4n) is 3.99. The van der Waals surface area contributed by atoms with E-state index in [4.69, 9.17) is 18.9 Å². The summed E-state index contributed by atoms with van der Waals surface area (Å²) < 4.78 is 20.8. The molecule has 1 unspecified atom stereocenters. The van der Waals surface area contributed by atoms with Crippen LogP contribution in [0.15, 0.2) is 11.6 Å². The van der Waals surface area contributed by atoms with Crippen LogP contribution in [0.5, 0.6) is 5.75 Å². The van der Waals surface area contributed by atoms with Gasteiger partial charge in [0.1, 0.15) is 12.4 Å². The fourth-order valence-corrected chi connectivity index (χ4v) is 3.99. The number of carbonyl (C=O) groups excluding carboxylic acids is 2. The Morgan fingerprint density at radius 3 is 2.72 bits per heavy atom. The van der Waals surface area contributed by atoms with Crippen LogP contribution in [0.2, 0.25) is 0 Å². The quantitative estimate of drug-likeness (QED) is 0.569. The molecule has 8 heteroatoms. The largest absolute Gasteiger partial charge is 0.496 e. The Kier molecular flexibility index (Phi) is 6.22. The number of allylic oxidation sites excluding steroid dienone is 1. The van der Waals surface area contributed by atoms with Crippen LogP contribution in [0.3, 0.4) is 0 Å². The van der Waals surface area contributed by atoms with Crippen molar-refractivity contribution in [3.05, 3.63) is 39.5 Å². The average molecular weight is 404 g/mol. The van der Waals surface area contributed by atoms with E-state index in [2.05, 4.69) is 0 Å². The van der Waals surface area contributed by atoms with Crippen LogP contribution in [0.1, 0.15) is 50.2 Å². The van der Waals surface area contributed by atoms with Crippen molar-refractivity contribution in [1.29, 1.82) is 0 Å². The van der Waals surface area contributed by atoms with Gasteiger partial charge in [0.05, 0.1) is 45.0 Å². The number of rotatable bonds is 6. The lowest BCUT2D eigenvalue weighted by Crippen LogP contribution is -2.23. The van der Waals surface area contributed by atoms with Crippen LogP contribution in [-0.4, -0.2) is 50.4 Å². The van der Waals surface area contributed by atoms with Gasteiger partial charge in [-0.2, -0.15) is 0 Å². The summed E-state index contributed by atoms with van der Waals surface area (Å²) in [5, 5.41) is 9.83. The summed E-state index contributed by atoms with van der Waals surface area (Å²) in [6, 6.07) is 0. The maximum Gasteiger partial charge on any atom is 0.339 e. The Labute approximate surface area is 168 Å². The first kappa shape index (κ1) is 20.9. The highest BCUT2D eigenvalue weighted by Crippen LogP contribution is 2.38. The van der Waals surface area contributed by atoms with Gasteiger partial charge in [0, 0.05) is 17.0 Å². The molecule has 8 nitrogen and oxygen atoms in total. The topological polar surface area (TPSA) is 108 Å². The second kappa shape index (κ2) is 8.65. The zero-order valence-electron chi connectivity index (χ0n) is 16.7. The van der Waals surface area contributed by atoms with Crippen LogP contribution < -0.4 is 4.74 Å². The van der Waals surface area contributed by atoms with E-state index in [-0.39, 0.29) is 42.5 Å². The molecule has 3 rings (SSSR count). The van der Waals surface area contributed by atoms with Crippen molar-refractivity contribution in [3.63, 3.8) is 0 Å². The number of esters is 2. The van der Waals surface area contributed by atoms with Crippen LogP contribution in [0, 0.1) is 12.8 Å². The number of carbonyl (C=O) groups is 3. The summed E-state index contributed by atoms with van der Waals surface area (Å²) in [4.78, 5) is 35.9. The highest BCUT2D eigenvalue weighted by Gasteiger charge is 2.34. The molecule has 1 saturated heterocycles. The third-order valence-electron chi connectivity index (χ3n) is 5.48. The Hall–Kier alpha value is -2.87. The molecule has 0 aromatic heterocycles. The van der Waals surface area contributed by atoms with E-state index in [0.29, 0.717) is 42.1 Å². The van der Waals surface area contributed by atoms with Crippen molar-refractivity contribution in [2.75, 3.05) is 27.4 Å². The number of hydrogen-bond donors (Lipinski definition) is 1. The van der Waals surface area contributed by atoms with Crippen LogP contribution in [-0.2, 0) is 32.0 Å². The molecule has 1 aromatic carbocycles. The molecular formula is C21H24O8. The van der Waals surface area contributed by atoms with E-state index in [0.717, 1.165) is 5.57 Å². The number of cyclic esters (lactones) is 1. The highest BCUT2D eigenvalue weighted by molar-refractivity contribution is 6.07. The SMILES string of the molecule is COC(=O)CC1COCC/C1=C\Cc1c(OC)c(C)c2c(c1C(=O)O)C(=O)OC2. The molecule has 2 aliphatic heterocycles. The number of hydrogen-bond acceptors (Lipinski definition) is 7. The number of benzene rings is 1. The lowest BCUT2D eigenvalue weighted by Gasteiger charge is -2.25. The summed E-state index contributed by atoms with van der Waals surface area (Å²) in [5.41, 5.74) is 2.69. The van der Waals surface area contributed by atoms with Crippen molar-refractivity contribution in [3.8, 4) is 5.75 Å². The predicted molar refractivity (Wildman–Crippen MR) is 101 cm³/mol. The minimum absolute atomic E-state index is 0.0382. The molecule has 0 radical (unpaired) electrons. The van der Waals surface area contributed by atoms with Crippen molar-refractivity contribution in [1.82, 2.24) is 0 Å². The van der Waals surface area contributed by atoms with Gasteiger partial charge in [-0.15, -0.1) is 0 Å². The van der Waals surface area contributed by atoms with E-state index in [1.807, 2.05) is 6.08 Å². The third kappa shape index (κ3) is 3.98. The van der Waals surface area contributed by atoms with E-state index in [9.17, 15) is 19.5 Å². The molecule has 1 fully saturated rings. The van der Waals surface area contributed by atoms with Crippen molar-refractivity contribution in [2.24, 2.45) is 5.92 Å². The number of carboxylic acids is 1. The van der Waals surface area contributed by atoms with Gasteiger partial charge in [-0.1, -0.05) is 11.6 Å². The second-order valence-electron chi connectivity index (χ2n) is 7.03. The van der Waals surface area contributed by atoms with E-state index >= 15 is 0 Å². The fraction of sp³-hybridized carbons (Fsp3) is 0.476. The molecule has 1 N–H and O–H groups in total. The first-order valence-corrected chi connectivity index (χ1v) is 9.35. The summed E-state index contributed by atoms with van der Waals surface area (Å²) in [5.74, 6) is -1.85. The molecule has 2 heterocycles. The molecule has 1 aromatic rings. The van der Waals surface area contributed by atoms with Gasteiger partial charge in [0.25, 0.3) is 0 Å². The molecule has 2 aliphatic rings. The van der Waals surface area contributed by atoms with Crippen molar-refractivity contribution in [2.45, 2.75) is 32.8 Å². The summed E-state index contributed by atoms with van der Waals surface area (Å²) in [6.07, 6.45) is 2.99. The molecular weight excluding hydrogens is 380 g/mol. The lowest BCUT2D eigenvalue weighted by molar-refractivity contribution is -0.142. The number of carboxylic acid groups (broad SMARTS) is 1. The highest BCUT2D eigenvalue weighted by atomic mass is 16.5. The number of ether oxygens (including phenoxy) is 4. The molecule has 0 aliphatic carbocycles. The van der Waals surface area contributed by atoms with Gasteiger partial charge in [0.2, 0.25) is 0 Å². The molecule has 1 atom stereocenters. The maximum absolute atomic E-state index is 12.2. The van der Waals surface area contributed by atoms with Crippen LogP contribution >= 0.6 is 0 Å². The van der Waals surface area contributed by atoms with Gasteiger partial charge >= 0.3 is 17.9 Å². The maximum atomic E-state index is 12.2. The normalized spacial score (nSPS) is 19.6. The number of fused-ring (bicyclic) bond motifs is 1. The Bertz CT molecular complexity index is 883. The average Bonchev–Trinajstić information content (AvgIpc) is 3.08. The van der Waals surface area contributed by atoms with Gasteiger partial charge in [-0.3, -0.25) is 4.79 Å². The number of methoxy groups -OCH3 is 2. The monoisotopic (exact) mass is 404 g/mol. The zero-order chi connectivity index (χ0) is 21.1. The van der Waals surface area contributed by atoms with Gasteiger partial charge in [-0.25, -0.2) is 9.59 Å². The summed E-state index contributed by atoms with van der Waals surface area (Å²) >= 11 is 0. The van der Waals surface area contributed by atoms with E-state index in [1.165, 1.54) is 14.2 Å². The lowest BCUT2D eigenvalue weighted by atomic mass is 9.87. The molecule has 0 amide bonds. The van der Waals surface area contributed by atoms with Gasteiger partial charge < -0.3 is 24.1 Å². The Morgan fingerprint density at radius 2 is 2.07 bits per heavy atom. The minimum Gasteiger partial charge on any atom is -0.496 e. The first-order chi connectivity index (χ1) is 13.9. The molecule has 29 heavy (non-hydrogen) atoms. The summed E-state index contributed by atoms with van der Waals surface area (Å²) in [6.45, 7) is 2.76. The Balaban J connectivity index is 2.04. The number of aromatic carboxylic acids is 1. The minimum atomic E-state index is -1.20. The van der Waals surface area contributed by atoms with Gasteiger partial charge in [-0.05, 0) is 25.3 Å². The van der Waals surface area contributed by atoms with Gasteiger partial charge in [0.15, 0.2) is 0 Å². The summed E-state index contributed by atoms with van der Waals surface area (Å²) in [7, 11) is 2.81. The second-order valence-corrected chi connectivity index (χ2v) is 7.03. The first-order valence-electron chi connectivity index (χ1n) is 9.35. The smallest absolute Gasteiger partial charge is 0.339 e. The van der Waals surface area contributed by atoms with Crippen molar-refractivity contribution >= 4 is 17.9 Å². The van der Waals surface area contributed by atoms with E-state index < -0.39 is 11.9 Å². The molecule has 0 saturated carbocycles. The van der Waals surface area contributed by atoms with Crippen LogP contribution in [0.4, 0.5) is 0 Å². The van der Waals surface area contributed by atoms with E-state index in [1.54, 1.807) is 6.92 Å². The molecule has 0 spiro atoms. The zero-order valence-corrected chi connectivity index (χ0v) is 16.7. The van der Waals surface area contributed by atoms with Crippen molar-refractivity contribution < 1.29 is 38.4 Å². The van der Waals surface area contributed by atoms with Crippen LogP contribution in [0.25, 0.3) is 0 Å².